The maximum Gasteiger partial charge on any atom is 0.257 e. The zero-order chi connectivity index (χ0) is 20.8. The molecule has 0 spiro atoms. The second-order valence-corrected chi connectivity index (χ2v) is 7.15. The van der Waals surface area contributed by atoms with Crippen LogP contribution in [0.5, 0.6) is 0 Å². The average Bonchev–Trinajstić information content (AvgIpc) is 2.74. The molecule has 6 heteroatoms. The molecule has 3 rings (SSSR count). The van der Waals surface area contributed by atoms with E-state index < -0.39 is 0 Å². The van der Waals surface area contributed by atoms with Gasteiger partial charge in [0.1, 0.15) is 0 Å². The predicted molar refractivity (Wildman–Crippen MR) is 113 cm³/mol. The van der Waals surface area contributed by atoms with E-state index in [-0.39, 0.29) is 17.7 Å². The lowest BCUT2D eigenvalue weighted by atomic mass is 9.98. The Hall–Kier alpha value is -3.54. The number of aromatic nitrogens is 2. The number of nitrogens with zero attached hydrogens (tertiary/aromatic N) is 2. The molecule has 3 aromatic rings. The Morgan fingerprint density at radius 1 is 0.966 bits per heavy atom. The number of rotatable bonds is 6. The van der Waals surface area contributed by atoms with Crippen LogP contribution in [0.15, 0.2) is 61.2 Å². The molecule has 1 aromatic carbocycles. The molecule has 29 heavy (non-hydrogen) atoms. The monoisotopic (exact) mass is 388 g/mol. The van der Waals surface area contributed by atoms with E-state index in [0.29, 0.717) is 17.7 Å². The summed E-state index contributed by atoms with van der Waals surface area (Å²) in [4.78, 5) is 33.3. The minimum absolute atomic E-state index is 0.272. The van der Waals surface area contributed by atoms with E-state index >= 15 is 0 Å². The molecular weight excluding hydrogens is 364 g/mol. The Morgan fingerprint density at radius 3 is 2.34 bits per heavy atom. The number of benzene rings is 1. The lowest BCUT2D eigenvalue weighted by Gasteiger charge is -2.16. The molecular formula is C23H24N4O2. The van der Waals surface area contributed by atoms with Crippen LogP contribution in [0.2, 0.25) is 0 Å². The summed E-state index contributed by atoms with van der Waals surface area (Å²) in [7, 11) is 0. The molecule has 2 N–H and O–H groups in total. The third-order valence-electron chi connectivity index (χ3n) is 4.63. The molecule has 0 radical (unpaired) electrons. The quantitative estimate of drug-likeness (QED) is 0.666. The van der Waals surface area contributed by atoms with Crippen LogP contribution in [-0.4, -0.2) is 21.8 Å². The van der Waals surface area contributed by atoms with E-state index in [1.54, 1.807) is 18.5 Å². The van der Waals surface area contributed by atoms with Gasteiger partial charge in [0.05, 0.1) is 11.1 Å². The molecule has 2 aromatic heterocycles. The number of hydrogen-bond acceptors (Lipinski definition) is 4. The van der Waals surface area contributed by atoms with Gasteiger partial charge in [-0.1, -0.05) is 32.0 Å². The number of amides is 2. The van der Waals surface area contributed by atoms with Crippen LogP contribution >= 0.6 is 0 Å². The summed E-state index contributed by atoms with van der Waals surface area (Å²) < 4.78 is 0. The van der Waals surface area contributed by atoms with E-state index in [0.717, 1.165) is 22.4 Å². The average molecular weight is 388 g/mol. The van der Waals surface area contributed by atoms with Crippen molar-refractivity contribution in [3.8, 4) is 0 Å². The largest absolute Gasteiger partial charge is 0.348 e. The third kappa shape index (κ3) is 5.04. The molecule has 0 atom stereocenters. The van der Waals surface area contributed by atoms with Crippen molar-refractivity contribution < 1.29 is 9.59 Å². The van der Waals surface area contributed by atoms with Gasteiger partial charge in [-0.15, -0.1) is 0 Å². The second-order valence-electron chi connectivity index (χ2n) is 7.15. The summed E-state index contributed by atoms with van der Waals surface area (Å²) in [5, 5.41) is 5.81. The van der Waals surface area contributed by atoms with Gasteiger partial charge in [0, 0.05) is 37.0 Å². The highest BCUT2D eigenvalue weighted by atomic mass is 16.2. The van der Waals surface area contributed by atoms with Gasteiger partial charge in [0.15, 0.2) is 0 Å². The molecule has 0 saturated heterocycles. The minimum atomic E-state index is -0.294. The molecule has 0 aliphatic heterocycles. The van der Waals surface area contributed by atoms with E-state index in [2.05, 4.69) is 34.4 Å². The maximum atomic E-state index is 12.8. The Balaban J connectivity index is 1.74. The SMILES string of the molecule is Cc1cccc(C(C)C)c1NC(=O)c1cncc(C(=O)NCc2ccncc2)c1. The maximum absolute atomic E-state index is 12.8. The van der Waals surface area contributed by atoms with E-state index in [9.17, 15) is 9.59 Å². The predicted octanol–water partition coefficient (Wildman–Crippen LogP) is 4.09. The van der Waals surface area contributed by atoms with Crippen molar-refractivity contribution in [1.82, 2.24) is 15.3 Å². The van der Waals surface area contributed by atoms with Gasteiger partial charge >= 0.3 is 0 Å². The third-order valence-corrected chi connectivity index (χ3v) is 4.63. The fourth-order valence-electron chi connectivity index (χ4n) is 3.00. The Labute approximate surface area is 170 Å². The smallest absolute Gasteiger partial charge is 0.257 e. The van der Waals surface area contributed by atoms with Crippen molar-refractivity contribution >= 4 is 17.5 Å². The Bertz CT molecular complexity index is 1020. The number of carbonyl (C=O) groups is 2. The van der Waals surface area contributed by atoms with Crippen LogP contribution in [0, 0.1) is 6.92 Å². The van der Waals surface area contributed by atoms with Gasteiger partial charge in [-0.05, 0) is 47.7 Å². The van der Waals surface area contributed by atoms with Crippen LogP contribution in [0.25, 0.3) is 0 Å². The summed E-state index contributed by atoms with van der Waals surface area (Å²) in [5.41, 5.74) is 4.47. The van der Waals surface area contributed by atoms with E-state index in [1.807, 2.05) is 37.3 Å². The molecule has 0 saturated carbocycles. The fourth-order valence-corrected chi connectivity index (χ4v) is 3.00. The number of hydrogen-bond donors (Lipinski definition) is 2. The number of pyridine rings is 2. The summed E-state index contributed by atoms with van der Waals surface area (Å²) in [6, 6.07) is 11.2. The lowest BCUT2D eigenvalue weighted by Crippen LogP contribution is -2.23. The van der Waals surface area contributed by atoms with Crippen molar-refractivity contribution in [2.24, 2.45) is 0 Å². The Kier molecular flexibility index (Phi) is 6.34. The van der Waals surface area contributed by atoms with Crippen LogP contribution in [0.1, 0.15) is 57.2 Å². The number of nitrogens with one attached hydrogen (secondary N) is 2. The first-order chi connectivity index (χ1) is 14.0. The summed E-state index contributed by atoms with van der Waals surface area (Å²) >= 11 is 0. The fraction of sp³-hybridized carbons (Fsp3) is 0.217. The topological polar surface area (TPSA) is 84.0 Å². The zero-order valence-electron chi connectivity index (χ0n) is 16.8. The highest BCUT2D eigenvalue weighted by molar-refractivity contribution is 6.06. The van der Waals surface area contributed by atoms with Gasteiger partial charge < -0.3 is 10.6 Å². The molecule has 0 fully saturated rings. The van der Waals surface area contributed by atoms with Crippen LogP contribution in [0.4, 0.5) is 5.69 Å². The van der Waals surface area contributed by atoms with E-state index in [4.69, 9.17) is 0 Å². The van der Waals surface area contributed by atoms with E-state index in [1.165, 1.54) is 12.4 Å². The first-order valence-electron chi connectivity index (χ1n) is 9.48. The van der Waals surface area contributed by atoms with Crippen molar-refractivity contribution in [3.63, 3.8) is 0 Å². The molecule has 0 aliphatic rings. The number of carbonyl (C=O) groups excluding carboxylic acids is 2. The van der Waals surface area contributed by atoms with Crippen LogP contribution in [-0.2, 0) is 6.54 Å². The van der Waals surface area contributed by atoms with Crippen LogP contribution < -0.4 is 10.6 Å². The molecule has 148 valence electrons. The number of anilines is 1. The molecule has 6 nitrogen and oxygen atoms in total. The summed E-state index contributed by atoms with van der Waals surface area (Å²) in [6.07, 6.45) is 6.25. The Morgan fingerprint density at radius 2 is 1.66 bits per heavy atom. The highest BCUT2D eigenvalue weighted by Crippen LogP contribution is 2.27. The molecule has 0 bridgehead atoms. The minimum Gasteiger partial charge on any atom is -0.348 e. The van der Waals surface area contributed by atoms with Crippen molar-refractivity contribution in [2.75, 3.05) is 5.32 Å². The van der Waals surface area contributed by atoms with Gasteiger partial charge in [-0.3, -0.25) is 19.6 Å². The highest BCUT2D eigenvalue weighted by Gasteiger charge is 2.15. The van der Waals surface area contributed by atoms with Crippen molar-refractivity contribution in [3.05, 3.63) is 89.0 Å². The number of para-hydroxylation sites is 1. The van der Waals surface area contributed by atoms with Gasteiger partial charge in [-0.25, -0.2) is 0 Å². The van der Waals surface area contributed by atoms with Gasteiger partial charge in [0.25, 0.3) is 11.8 Å². The first-order valence-corrected chi connectivity index (χ1v) is 9.48. The van der Waals surface area contributed by atoms with Gasteiger partial charge in [0.2, 0.25) is 0 Å². The molecule has 0 unspecified atom stereocenters. The molecule has 0 aliphatic carbocycles. The standard InChI is InChI=1S/C23H24N4O2/c1-15(2)20-6-4-5-16(3)21(20)27-23(29)19-11-18(13-25-14-19)22(28)26-12-17-7-9-24-10-8-17/h4-11,13-15H,12H2,1-3H3,(H,26,28)(H,27,29). The summed E-state index contributed by atoms with van der Waals surface area (Å²) in [6.45, 7) is 6.50. The second kappa shape index (κ2) is 9.10. The van der Waals surface area contributed by atoms with Crippen molar-refractivity contribution in [1.29, 1.82) is 0 Å². The van der Waals surface area contributed by atoms with Crippen molar-refractivity contribution in [2.45, 2.75) is 33.2 Å². The number of aryl methyl sites for hydroxylation is 1. The van der Waals surface area contributed by atoms with Crippen LogP contribution in [0.3, 0.4) is 0 Å². The molecule has 2 heterocycles. The first kappa shape index (κ1) is 20.2. The lowest BCUT2D eigenvalue weighted by molar-refractivity contribution is 0.0950. The summed E-state index contributed by atoms with van der Waals surface area (Å²) in [5.74, 6) is -0.311. The molecule has 2 amide bonds. The zero-order valence-corrected chi connectivity index (χ0v) is 16.8. The normalized spacial score (nSPS) is 10.6. The van der Waals surface area contributed by atoms with Gasteiger partial charge in [-0.2, -0.15) is 0 Å².